The Morgan fingerprint density at radius 2 is 2.07 bits per heavy atom. The molecule has 2 saturated carbocycles. The predicted molar refractivity (Wildman–Crippen MR) is 59.3 cm³/mol. The van der Waals surface area contributed by atoms with Gasteiger partial charge in [0.25, 0.3) is 0 Å². The molecule has 0 N–H and O–H groups in total. The first-order chi connectivity index (χ1) is 6.85. The highest BCUT2D eigenvalue weighted by Crippen LogP contribution is 2.73. The third-order valence-electron chi connectivity index (χ3n) is 4.65. The number of rotatable bonds is 1. The molecule has 2 aliphatic rings. The Hall–Kier alpha value is -0.790. The van der Waals surface area contributed by atoms with E-state index < -0.39 is 0 Å². The summed E-state index contributed by atoms with van der Waals surface area (Å²) in [5.41, 5.74) is 1.49. The van der Waals surface area contributed by atoms with Gasteiger partial charge in [0.15, 0.2) is 0 Å². The summed E-state index contributed by atoms with van der Waals surface area (Å²) in [5.74, 6) is 0.421. The van der Waals surface area contributed by atoms with Crippen LogP contribution < -0.4 is 0 Å². The highest BCUT2D eigenvalue weighted by atomic mass is 16.5. The van der Waals surface area contributed by atoms with Crippen molar-refractivity contribution in [1.82, 2.24) is 0 Å². The molecule has 3 atom stereocenters. The van der Waals surface area contributed by atoms with Gasteiger partial charge in [-0.2, -0.15) is 0 Å². The third kappa shape index (κ3) is 1.20. The van der Waals surface area contributed by atoms with Gasteiger partial charge >= 0.3 is 5.97 Å². The van der Waals surface area contributed by atoms with Gasteiger partial charge in [0.1, 0.15) is 0 Å². The minimum atomic E-state index is -0.0568. The summed E-state index contributed by atoms with van der Waals surface area (Å²) in [6.45, 7) is 10.8. The maximum Gasteiger partial charge on any atom is 0.309 e. The van der Waals surface area contributed by atoms with Crippen molar-refractivity contribution >= 4 is 5.97 Å². The third-order valence-corrected chi connectivity index (χ3v) is 4.65. The number of carbonyl (C=O) groups is 1. The number of fused-ring (bicyclic) bond motifs is 1. The van der Waals surface area contributed by atoms with E-state index in [1.807, 2.05) is 0 Å². The Bertz CT molecular complexity index is 329. The molecule has 84 valence electrons. The van der Waals surface area contributed by atoms with Gasteiger partial charge in [-0.15, -0.1) is 0 Å². The largest absolute Gasteiger partial charge is 0.469 e. The zero-order chi connectivity index (χ0) is 11.4. The molecule has 0 saturated heterocycles. The van der Waals surface area contributed by atoms with Crippen molar-refractivity contribution in [1.29, 1.82) is 0 Å². The van der Waals surface area contributed by atoms with Crippen LogP contribution in [0.25, 0.3) is 0 Å². The monoisotopic (exact) mass is 208 g/mol. The lowest BCUT2D eigenvalue weighted by Crippen LogP contribution is -2.24. The summed E-state index contributed by atoms with van der Waals surface area (Å²) in [4.78, 5) is 11.7. The van der Waals surface area contributed by atoms with Crippen molar-refractivity contribution in [3.63, 3.8) is 0 Å². The molecular weight excluding hydrogens is 188 g/mol. The minimum Gasteiger partial charge on any atom is -0.469 e. The summed E-state index contributed by atoms with van der Waals surface area (Å²) in [6, 6.07) is 0. The summed E-state index contributed by atoms with van der Waals surface area (Å²) in [6.07, 6.45) is 2.19. The molecule has 0 amide bonds. The average molecular weight is 208 g/mol. The number of carbonyl (C=O) groups excluding carboxylic acids is 1. The van der Waals surface area contributed by atoms with E-state index in [1.165, 1.54) is 12.7 Å². The maximum atomic E-state index is 11.7. The van der Waals surface area contributed by atoms with Gasteiger partial charge in [0.05, 0.1) is 13.0 Å². The molecule has 2 rings (SSSR count). The Kier molecular flexibility index (Phi) is 2.05. The Morgan fingerprint density at radius 3 is 2.53 bits per heavy atom. The summed E-state index contributed by atoms with van der Waals surface area (Å²) >= 11 is 0. The molecule has 2 aliphatic carbocycles. The summed E-state index contributed by atoms with van der Waals surface area (Å²) < 4.78 is 4.89. The molecule has 0 heterocycles. The highest BCUT2D eigenvalue weighted by Gasteiger charge is 2.72. The molecule has 2 nitrogen and oxygen atoms in total. The molecule has 0 bridgehead atoms. The number of hydrogen-bond donors (Lipinski definition) is 0. The van der Waals surface area contributed by atoms with Crippen LogP contribution in [-0.2, 0) is 9.53 Å². The zero-order valence-corrected chi connectivity index (χ0v) is 10.1. The van der Waals surface area contributed by atoms with Crippen molar-refractivity contribution in [2.75, 3.05) is 7.11 Å². The van der Waals surface area contributed by atoms with Crippen molar-refractivity contribution < 1.29 is 9.53 Å². The van der Waals surface area contributed by atoms with Crippen LogP contribution in [0.4, 0.5) is 0 Å². The summed E-state index contributed by atoms with van der Waals surface area (Å²) in [7, 11) is 1.48. The molecular formula is C13H20O2. The number of hydrogen-bond acceptors (Lipinski definition) is 2. The predicted octanol–water partition coefficient (Wildman–Crippen LogP) is 2.79. The smallest absolute Gasteiger partial charge is 0.309 e. The molecule has 0 unspecified atom stereocenters. The van der Waals surface area contributed by atoms with E-state index in [0.29, 0.717) is 5.92 Å². The first-order valence-electron chi connectivity index (χ1n) is 5.62. The van der Waals surface area contributed by atoms with Gasteiger partial charge in [-0.25, -0.2) is 0 Å². The maximum absolute atomic E-state index is 11.7. The Balaban J connectivity index is 2.32. The molecule has 0 aromatic rings. The van der Waals surface area contributed by atoms with Crippen molar-refractivity contribution in [3.8, 4) is 0 Å². The zero-order valence-electron chi connectivity index (χ0n) is 10.1. The highest BCUT2D eigenvalue weighted by molar-refractivity contribution is 5.79. The van der Waals surface area contributed by atoms with Crippen molar-refractivity contribution in [3.05, 3.63) is 12.2 Å². The van der Waals surface area contributed by atoms with Crippen molar-refractivity contribution in [2.45, 2.75) is 33.6 Å². The van der Waals surface area contributed by atoms with Crippen LogP contribution in [0, 0.1) is 22.7 Å². The van der Waals surface area contributed by atoms with Crippen LogP contribution in [0.2, 0.25) is 0 Å². The lowest BCUT2D eigenvalue weighted by atomic mass is 9.71. The molecule has 0 aromatic heterocycles. The number of allylic oxidation sites excluding steroid dienone is 1. The van der Waals surface area contributed by atoms with E-state index in [0.717, 1.165) is 12.8 Å². The van der Waals surface area contributed by atoms with Gasteiger partial charge in [-0.1, -0.05) is 32.9 Å². The van der Waals surface area contributed by atoms with E-state index >= 15 is 0 Å². The fourth-order valence-corrected chi connectivity index (χ4v) is 3.62. The van der Waals surface area contributed by atoms with Gasteiger partial charge in [-0.05, 0) is 24.2 Å². The molecule has 0 aromatic carbocycles. The standard InChI is InChI=1S/C13H20O2/c1-8-6-7-12(2,3)10-9(11(14)15-5)13(8,10)4/h9-10H,1,6-7H2,2-5H3/t9-,10-,13-/m1/s1. The Labute approximate surface area is 91.7 Å². The van der Waals surface area contributed by atoms with E-state index in [2.05, 4.69) is 27.4 Å². The molecule has 0 spiro atoms. The molecule has 0 aliphatic heterocycles. The number of methoxy groups -OCH3 is 1. The summed E-state index contributed by atoms with van der Waals surface area (Å²) in [5, 5.41) is 0. The van der Waals surface area contributed by atoms with Crippen LogP contribution in [0.5, 0.6) is 0 Å². The van der Waals surface area contributed by atoms with Crippen LogP contribution in [0.3, 0.4) is 0 Å². The SMILES string of the molecule is C=C1CCC(C)(C)[C@H]2[C@H](C(=O)OC)[C@@]12C. The fraction of sp³-hybridized carbons (Fsp3) is 0.769. The second-order valence-electron chi connectivity index (χ2n) is 5.85. The van der Waals surface area contributed by atoms with E-state index in [9.17, 15) is 4.79 Å². The number of ether oxygens (including phenoxy) is 1. The van der Waals surface area contributed by atoms with Crippen LogP contribution in [0.1, 0.15) is 33.6 Å². The van der Waals surface area contributed by atoms with E-state index in [4.69, 9.17) is 4.74 Å². The van der Waals surface area contributed by atoms with Gasteiger partial charge < -0.3 is 4.74 Å². The molecule has 0 radical (unpaired) electrons. The average Bonchev–Trinajstić information content (AvgIpc) is 2.82. The quantitative estimate of drug-likeness (QED) is 0.489. The van der Waals surface area contributed by atoms with Crippen LogP contribution >= 0.6 is 0 Å². The fourth-order valence-electron chi connectivity index (χ4n) is 3.62. The lowest BCUT2D eigenvalue weighted by molar-refractivity contribution is -0.143. The van der Waals surface area contributed by atoms with Crippen LogP contribution in [-0.4, -0.2) is 13.1 Å². The molecule has 15 heavy (non-hydrogen) atoms. The van der Waals surface area contributed by atoms with Gasteiger partial charge in [-0.3, -0.25) is 4.79 Å². The first-order valence-corrected chi connectivity index (χ1v) is 5.62. The molecule has 2 heteroatoms. The van der Waals surface area contributed by atoms with E-state index in [1.54, 1.807) is 0 Å². The van der Waals surface area contributed by atoms with Gasteiger partial charge in [0.2, 0.25) is 0 Å². The topological polar surface area (TPSA) is 26.3 Å². The van der Waals surface area contributed by atoms with Crippen LogP contribution in [0.15, 0.2) is 12.2 Å². The van der Waals surface area contributed by atoms with Gasteiger partial charge in [0, 0.05) is 5.41 Å². The van der Waals surface area contributed by atoms with Crippen molar-refractivity contribution in [2.24, 2.45) is 22.7 Å². The lowest BCUT2D eigenvalue weighted by Gasteiger charge is -2.33. The van der Waals surface area contributed by atoms with E-state index in [-0.39, 0.29) is 22.7 Å². The normalized spacial score (nSPS) is 42.0. The second-order valence-corrected chi connectivity index (χ2v) is 5.85. The molecule has 2 fully saturated rings. The Morgan fingerprint density at radius 1 is 1.47 bits per heavy atom. The minimum absolute atomic E-state index is 0.00877. The second kappa shape index (κ2) is 2.87. The first kappa shape index (κ1) is 10.7. The number of esters is 1.